The van der Waals surface area contributed by atoms with Gasteiger partial charge in [0.25, 0.3) is 0 Å². The summed E-state index contributed by atoms with van der Waals surface area (Å²) in [6, 6.07) is 29.3. The summed E-state index contributed by atoms with van der Waals surface area (Å²) in [6.07, 6.45) is 0. The van der Waals surface area contributed by atoms with Gasteiger partial charge in [-0.05, 0) is 0 Å². The average molecular weight is 678 g/mol. The number of hydrogen-bond donors (Lipinski definition) is 0. The summed E-state index contributed by atoms with van der Waals surface area (Å²) in [5.41, 5.74) is -11.1. The third-order valence-corrected chi connectivity index (χ3v) is 4.80. The number of benzene rings is 2. The van der Waals surface area contributed by atoms with E-state index >= 15 is 0 Å². The third kappa shape index (κ3) is 14.9. The third-order valence-electron chi connectivity index (χ3n) is 3.66. The molecule has 0 atom stereocenters. The zero-order valence-electron chi connectivity index (χ0n) is 19.6. The van der Waals surface area contributed by atoms with Crippen LogP contribution < -0.4 is 0 Å². The minimum atomic E-state index is -6.09. The first kappa shape index (κ1) is 36.2. The van der Waals surface area contributed by atoms with Crippen molar-refractivity contribution in [3.05, 3.63) is 84.9 Å². The molecule has 0 N–H and O–H groups in total. The van der Waals surface area contributed by atoms with Gasteiger partial charge in [0.1, 0.15) is 0 Å². The van der Waals surface area contributed by atoms with Crippen LogP contribution >= 0.6 is 0 Å². The molecule has 0 aliphatic heterocycles. The summed E-state index contributed by atoms with van der Waals surface area (Å²) in [7, 11) is -12.2. The van der Waals surface area contributed by atoms with E-state index in [0.717, 1.165) is 0 Å². The number of halogens is 6. The minimum Gasteiger partial charge on any atom is -0.741 e. The van der Waals surface area contributed by atoms with Crippen molar-refractivity contribution in [2.24, 2.45) is 0 Å². The first-order valence-electron chi connectivity index (χ1n) is 9.93. The molecule has 38 heavy (non-hydrogen) atoms. The first-order valence-corrected chi connectivity index (χ1v) is 18.9. The summed E-state index contributed by atoms with van der Waals surface area (Å²) in [5.74, 6) is 0. The Kier molecular flexibility index (Phi) is 14.9. The van der Waals surface area contributed by atoms with E-state index in [-0.39, 0.29) is 5.43 Å². The Balaban J connectivity index is 0.000000460. The van der Waals surface area contributed by atoms with Crippen LogP contribution in [0.5, 0.6) is 0 Å². The molecule has 16 heteroatoms. The normalized spacial score (nSPS) is 11.5. The van der Waals surface area contributed by atoms with Crippen molar-refractivity contribution < 1.29 is 75.6 Å². The van der Waals surface area contributed by atoms with Crippen molar-refractivity contribution in [3.8, 4) is 0 Å². The number of rotatable bonds is 0. The van der Waals surface area contributed by atoms with Crippen LogP contribution in [0.2, 0.25) is 13.1 Å². The van der Waals surface area contributed by atoms with E-state index in [1.807, 2.05) is 0 Å². The summed E-state index contributed by atoms with van der Waals surface area (Å²) in [4.78, 5) is 0. The molecule has 0 bridgehead atoms. The molecule has 0 aromatic heterocycles. The Hall–Kier alpha value is -1.84. The van der Waals surface area contributed by atoms with Crippen molar-refractivity contribution in [2.45, 2.75) is 24.1 Å². The zero-order chi connectivity index (χ0) is 29.8. The predicted molar refractivity (Wildman–Crippen MR) is 128 cm³/mol. The summed E-state index contributed by atoms with van der Waals surface area (Å²) in [5, 5.41) is 5.32. The monoisotopic (exact) mass is 676 g/mol. The molecule has 0 amide bonds. The summed E-state index contributed by atoms with van der Waals surface area (Å²) < 4.78 is 118. The molecule has 208 valence electrons. The predicted octanol–water partition coefficient (Wildman–Crippen LogP) is 6.00. The molecule has 0 aliphatic carbocycles. The second-order valence-corrected chi connectivity index (χ2v) is 19.2. The van der Waals surface area contributed by atoms with Crippen molar-refractivity contribution >= 4 is 47.2 Å². The fraction of sp³-hybridized carbons (Fsp3) is 0.182. The van der Waals surface area contributed by atoms with Gasteiger partial charge in [-0.1, -0.05) is 12.1 Å². The summed E-state index contributed by atoms with van der Waals surface area (Å²) in [6.45, 7) is 4.62. The Morgan fingerprint density at radius 1 is 0.658 bits per heavy atom. The van der Waals surface area contributed by atoms with Crippen molar-refractivity contribution in [1.29, 1.82) is 0 Å². The molecule has 6 nitrogen and oxygen atoms in total. The standard InChI is InChI=1S/2C9H7.C2H6Si.2CHF3O3S.Zr/c2*1-2-5-9-7-3-6-8(9)4-1;1-3-2;2*2-1(3,4)8(5,6)7;/h2*1-7H;1-2H3;2*(H,5,6,7);/q2*-1;;;;+2/p-2. The molecule has 4 aromatic rings. The molecular formula is C22H20F6O6S2SiZr-2. The fourth-order valence-corrected chi connectivity index (χ4v) is 2.14. The van der Waals surface area contributed by atoms with E-state index < -0.39 is 31.3 Å². The quantitative estimate of drug-likeness (QED) is 0.0741. The van der Waals surface area contributed by atoms with Gasteiger partial charge in [-0.2, -0.15) is 61.4 Å². The Bertz CT molecular complexity index is 1320. The Morgan fingerprint density at radius 3 is 1.11 bits per heavy atom. The summed E-state index contributed by atoms with van der Waals surface area (Å²) >= 11 is 1.74. The molecule has 0 aliphatic rings. The second-order valence-electron chi connectivity index (χ2n) is 7.11. The van der Waals surface area contributed by atoms with E-state index in [4.69, 9.17) is 25.9 Å². The van der Waals surface area contributed by atoms with Crippen LogP contribution in [-0.4, -0.2) is 42.4 Å². The van der Waals surface area contributed by atoms with Crippen LogP contribution in [0.25, 0.3) is 21.5 Å². The maximum Gasteiger partial charge on any atom is 0.485 e. The van der Waals surface area contributed by atoms with Crippen LogP contribution in [0.3, 0.4) is 0 Å². The van der Waals surface area contributed by atoms with E-state index in [9.17, 15) is 26.3 Å². The van der Waals surface area contributed by atoms with E-state index in [1.54, 1.807) is 23.3 Å². The topological polar surface area (TPSA) is 114 Å². The Morgan fingerprint density at radius 2 is 0.895 bits per heavy atom. The minimum absolute atomic E-state index is 0.210. The molecule has 4 aromatic carbocycles. The number of fused-ring (bicyclic) bond motifs is 2. The fourth-order valence-electron chi connectivity index (χ4n) is 2.14. The molecule has 0 spiro atoms. The van der Waals surface area contributed by atoms with Crippen LogP contribution in [0.4, 0.5) is 26.3 Å². The van der Waals surface area contributed by atoms with Gasteiger partial charge in [0, 0.05) is 0 Å². The van der Waals surface area contributed by atoms with Crippen LogP contribution in [0, 0.1) is 0 Å². The second kappa shape index (κ2) is 15.7. The van der Waals surface area contributed by atoms with Gasteiger partial charge >= 0.3 is 52.9 Å². The zero-order valence-corrected chi connectivity index (χ0v) is 24.7. The van der Waals surface area contributed by atoms with Gasteiger partial charge in [0.2, 0.25) is 0 Å². The molecule has 0 radical (unpaired) electrons. The van der Waals surface area contributed by atoms with Gasteiger partial charge in [0.05, 0.1) is 0 Å². The van der Waals surface area contributed by atoms with Gasteiger partial charge in [-0.25, -0.2) is 16.8 Å². The Labute approximate surface area is 230 Å². The van der Waals surface area contributed by atoms with Gasteiger partial charge in [-0.15, -0.1) is 59.3 Å². The molecule has 0 saturated heterocycles. The van der Waals surface area contributed by atoms with E-state index in [1.165, 1.54) is 21.5 Å². The van der Waals surface area contributed by atoms with Gasteiger partial charge in [-0.3, -0.25) is 0 Å². The van der Waals surface area contributed by atoms with Gasteiger partial charge < -0.3 is 9.11 Å². The van der Waals surface area contributed by atoms with Crippen molar-refractivity contribution in [2.75, 3.05) is 0 Å². The number of alkyl halides is 6. The molecule has 0 saturated carbocycles. The SMILES string of the molecule is C[Si](C)=[Zr+2].O=S(=O)([O-])C(F)(F)F.O=S(=O)([O-])C(F)(F)F.c1ccc2[cH-]ccc2c1.c1ccc2[cH-]ccc2c1. The smallest absolute Gasteiger partial charge is 0.485 e. The van der Waals surface area contributed by atoms with E-state index in [0.29, 0.717) is 0 Å². The van der Waals surface area contributed by atoms with Crippen LogP contribution in [0.15, 0.2) is 84.9 Å². The van der Waals surface area contributed by atoms with Crippen LogP contribution in [-0.2, 0) is 43.6 Å². The number of hydrogen-bond acceptors (Lipinski definition) is 6. The maximum absolute atomic E-state index is 10.7. The molecule has 4 rings (SSSR count). The van der Waals surface area contributed by atoms with E-state index in [2.05, 4.69) is 98.0 Å². The average Bonchev–Trinajstić information content (AvgIpc) is 3.41. The molecule has 0 heterocycles. The van der Waals surface area contributed by atoms with Gasteiger partial charge in [0.15, 0.2) is 20.2 Å². The largest absolute Gasteiger partial charge is 0.741 e. The van der Waals surface area contributed by atoms with Crippen molar-refractivity contribution in [1.82, 2.24) is 0 Å². The maximum atomic E-state index is 10.7. The molecule has 0 fully saturated rings. The van der Waals surface area contributed by atoms with Crippen molar-refractivity contribution in [3.63, 3.8) is 0 Å². The molecule has 0 unspecified atom stereocenters. The van der Waals surface area contributed by atoms with Crippen LogP contribution in [0.1, 0.15) is 0 Å². The first-order chi connectivity index (χ1) is 17.2. The molecular weight excluding hydrogens is 658 g/mol.